The largest absolute Gasteiger partial charge is 0.353 e. The number of likely N-dealkylation sites (tertiary alicyclic amines) is 1. The van der Waals surface area contributed by atoms with Crippen molar-refractivity contribution in [2.75, 3.05) is 24.5 Å². The first-order valence-electron chi connectivity index (χ1n) is 9.87. The lowest BCUT2D eigenvalue weighted by atomic mass is 10.0. The molecular formula is C21H29N3O3. The van der Waals surface area contributed by atoms with Crippen molar-refractivity contribution in [3.8, 4) is 0 Å². The summed E-state index contributed by atoms with van der Waals surface area (Å²) < 4.78 is 0. The smallest absolute Gasteiger partial charge is 0.227 e. The van der Waals surface area contributed by atoms with Gasteiger partial charge in [-0.25, -0.2) is 0 Å². The Labute approximate surface area is 160 Å². The molecule has 6 nitrogen and oxygen atoms in total. The van der Waals surface area contributed by atoms with Gasteiger partial charge in [0.2, 0.25) is 17.7 Å². The fourth-order valence-corrected chi connectivity index (χ4v) is 3.81. The molecule has 2 heterocycles. The van der Waals surface area contributed by atoms with Gasteiger partial charge in [-0.2, -0.15) is 0 Å². The third-order valence-electron chi connectivity index (χ3n) is 5.34. The summed E-state index contributed by atoms with van der Waals surface area (Å²) in [6.45, 7) is 5.91. The third kappa shape index (κ3) is 4.87. The summed E-state index contributed by atoms with van der Waals surface area (Å²) >= 11 is 0. The Kier molecular flexibility index (Phi) is 6.14. The summed E-state index contributed by atoms with van der Waals surface area (Å²) in [6, 6.07) is 9.56. The van der Waals surface area contributed by atoms with Crippen LogP contribution in [0.2, 0.25) is 0 Å². The quantitative estimate of drug-likeness (QED) is 0.863. The molecule has 0 aromatic heterocycles. The number of hydrogen-bond donors (Lipinski definition) is 1. The van der Waals surface area contributed by atoms with E-state index >= 15 is 0 Å². The van der Waals surface area contributed by atoms with Crippen LogP contribution in [-0.2, 0) is 14.4 Å². The van der Waals surface area contributed by atoms with Crippen LogP contribution in [0.4, 0.5) is 5.69 Å². The first-order valence-corrected chi connectivity index (χ1v) is 9.87. The highest BCUT2D eigenvalue weighted by atomic mass is 16.2. The van der Waals surface area contributed by atoms with E-state index in [0.29, 0.717) is 32.0 Å². The van der Waals surface area contributed by atoms with Crippen LogP contribution in [0.5, 0.6) is 0 Å². The Bertz CT molecular complexity index is 681. The van der Waals surface area contributed by atoms with E-state index in [2.05, 4.69) is 5.32 Å². The van der Waals surface area contributed by atoms with E-state index in [-0.39, 0.29) is 36.1 Å². The van der Waals surface area contributed by atoms with Crippen LogP contribution >= 0.6 is 0 Å². The number of amides is 3. The molecule has 1 aromatic carbocycles. The predicted molar refractivity (Wildman–Crippen MR) is 104 cm³/mol. The molecule has 0 bridgehead atoms. The van der Waals surface area contributed by atoms with E-state index in [0.717, 1.165) is 18.5 Å². The Morgan fingerprint density at radius 2 is 1.81 bits per heavy atom. The van der Waals surface area contributed by atoms with E-state index in [9.17, 15) is 14.4 Å². The lowest BCUT2D eigenvalue weighted by Crippen LogP contribution is -2.48. The van der Waals surface area contributed by atoms with Crippen LogP contribution in [0.15, 0.2) is 30.3 Å². The third-order valence-corrected chi connectivity index (χ3v) is 5.34. The summed E-state index contributed by atoms with van der Waals surface area (Å²) in [5, 5.41) is 3.10. The number of rotatable bonds is 5. The van der Waals surface area contributed by atoms with Crippen molar-refractivity contribution >= 4 is 23.4 Å². The minimum Gasteiger partial charge on any atom is -0.353 e. The molecular weight excluding hydrogens is 342 g/mol. The second-order valence-corrected chi connectivity index (χ2v) is 8.00. The van der Waals surface area contributed by atoms with Gasteiger partial charge < -0.3 is 15.1 Å². The Morgan fingerprint density at radius 1 is 1.15 bits per heavy atom. The van der Waals surface area contributed by atoms with Gasteiger partial charge in [-0.1, -0.05) is 32.0 Å². The fourth-order valence-electron chi connectivity index (χ4n) is 3.81. The van der Waals surface area contributed by atoms with Gasteiger partial charge in [0.15, 0.2) is 0 Å². The zero-order chi connectivity index (χ0) is 19.4. The van der Waals surface area contributed by atoms with E-state index < -0.39 is 0 Å². The molecule has 2 aliphatic rings. The average molecular weight is 371 g/mol. The highest BCUT2D eigenvalue weighted by molar-refractivity contribution is 6.00. The number of piperidine rings is 1. The summed E-state index contributed by atoms with van der Waals surface area (Å²) in [4.78, 5) is 40.7. The van der Waals surface area contributed by atoms with E-state index in [1.54, 1.807) is 4.90 Å². The van der Waals surface area contributed by atoms with Gasteiger partial charge >= 0.3 is 0 Å². The molecule has 6 heteroatoms. The maximum absolute atomic E-state index is 12.6. The molecule has 3 amide bonds. The van der Waals surface area contributed by atoms with Crippen molar-refractivity contribution in [2.45, 2.75) is 45.6 Å². The number of carbonyl (C=O) groups is 3. The van der Waals surface area contributed by atoms with Crippen molar-refractivity contribution in [1.29, 1.82) is 0 Å². The SMILES string of the molecule is CC(C)CC(=O)N1CCC(NC(=O)[C@@H]2CC(=O)N(c3ccccc3)C2)CC1. The number of nitrogens with one attached hydrogen (secondary N) is 1. The second-order valence-electron chi connectivity index (χ2n) is 8.00. The van der Waals surface area contributed by atoms with Crippen molar-refractivity contribution < 1.29 is 14.4 Å². The molecule has 0 unspecified atom stereocenters. The summed E-state index contributed by atoms with van der Waals surface area (Å²) in [5.41, 5.74) is 0.842. The van der Waals surface area contributed by atoms with Crippen molar-refractivity contribution in [2.24, 2.45) is 11.8 Å². The highest BCUT2D eigenvalue weighted by Gasteiger charge is 2.36. The molecule has 0 aliphatic carbocycles. The Balaban J connectivity index is 1.48. The van der Waals surface area contributed by atoms with Crippen LogP contribution in [0, 0.1) is 11.8 Å². The van der Waals surface area contributed by atoms with Gasteiger partial charge in [-0.15, -0.1) is 0 Å². The van der Waals surface area contributed by atoms with Crippen molar-refractivity contribution in [3.05, 3.63) is 30.3 Å². The molecule has 3 rings (SSSR count). The van der Waals surface area contributed by atoms with Gasteiger partial charge in [-0.3, -0.25) is 14.4 Å². The predicted octanol–water partition coefficient (Wildman–Crippen LogP) is 2.19. The molecule has 0 spiro atoms. The lowest BCUT2D eigenvalue weighted by molar-refractivity contribution is -0.133. The molecule has 146 valence electrons. The van der Waals surface area contributed by atoms with E-state index in [4.69, 9.17) is 0 Å². The maximum Gasteiger partial charge on any atom is 0.227 e. The molecule has 2 fully saturated rings. The molecule has 1 atom stereocenters. The number of carbonyl (C=O) groups excluding carboxylic acids is 3. The fraction of sp³-hybridized carbons (Fsp3) is 0.571. The van der Waals surface area contributed by atoms with Crippen LogP contribution in [0.3, 0.4) is 0 Å². The van der Waals surface area contributed by atoms with Crippen LogP contribution in [-0.4, -0.2) is 48.3 Å². The van der Waals surface area contributed by atoms with Crippen molar-refractivity contribution in [3.63, 3.8) is 0 Å². The highest BCUT2D eigenvalue weighted by Crippen LogP contribution is 2.25. The molecule has 1 aromatic rings. The zero-order valence-corrected chi connectivity index (χ0v) is 16.2. The van der Waals surface area contributed by atoms with Gasteiger partial charge in [-0.05, 0) is 30.9 Å². The maximum atomic E-state index is 12.6. The van der Waals surface area contributed by atoms with Crippen LogP contribution in [0.25, 0.3) is 0 Å². The van der Waals surface area contributed by atoms with Gasteiger partial charge in [0, 0.05) is 44.2 Å². The number of benzene rings is 1. The minimum atomic E-state index is -0.307. The number of para-hydroxylation sites is 1. The number of nitrogens with zero attached hydrogens (tertiary/aromatic N) is 2. The molecule has 2 saturated heterocycles. The second kappa shape index (κ2) is 8.55. The zero-order valence-electron chi connectivity index (χ0n) is 16.2. The Morgan fingerprint density at radius 3 is 2.44 bits per heavy atom. The van der Waals surface area contributed by atoms with Crippen molar-refractivity contribution in [1.82, 2.24) is 10.2 Å². The first kappa shape index (κ1) is 19.4. The summed E-state index contributed by atoms with van der Waals surface area (Å²) in [7, 11) is 0. The molecule has 2 aliphatic heterocycles. The standard InChI is InChI=1S/C21H29N3O3/c1-15(2)12-19(25)23-10-8-17(9-11-23)22-21(27)16-13-20(26)24(14-16)18-6-4-3-5-7-18/h3-7,15-17H,8-14H2,1-2H3,(H,22,27)/t16-/m1/s1. The number of anilines is 1. The normalized spacial score (nSPS) is 21.0. The molecule has 27 heavy (non-hydrogen) atoms. The molecule has 0 radical (unpaired) electrons. The average Bonchev–Trinajstić information content (AvgIpc) is 3.04. The van der Waals surface area contributed by atoms with E-state index in [1.165, 1.54) is 0 Å². The van der Waals surface area contributed by atoms with Gasteiger partial charge in [0.25, 0.3) is 0 Å². The van der Waals surface area contributed by atoms with Crippen LogP contribution < -0.4 is 10.2 Å². The lowest BCUT2D eigenvalue weighted by Gasteiger charge is -2.33. The Hall–Kier alpha value is -2.37. The molecule has 1 N–H and O–H groups in total. The molecule has 0 saturated carbocycles. The van der Waals surface area contributed by atoms with E-state index in [1.807, 2.05) is 49.1 Å². The topological polar surface area (TPSA) is 69.7 Å². The van der Waals surface area contributed by atoms with Gasteiger partial charge in [0.1, 0.15) is 0 Å². The summed E-state index contributed by atoms with van der Waals surface area (Å²) in [5.74, 6) is 0.208. The van der Waals surface area contributed by atoms with Crippen LogP contribution in [0.1, 0.15) is 39.5 Å². The van der Waals surface area contributed by atoms with Gasteiger partial charge in [0.05, 0.1) is 5.92 Å². The summed E-state index contributed by atoms with van der Waals surface area (Å²) in [6.07, 6.45) is 2.39. The minimum absolute atomic E-state index is 0.00421. The number of hydrogen-bond acceptors (Lipinski definition) is 3. The monoisotopic (exact) mass is 371 g/mol. The first-order chi connectivity index (χ1) is 12.9.